The average Bonchev–Trinajstić information content (AvgIpc) is 2.88. The molecule has 1 saturated heterocycles. The van der Waals surface area contributed by atoms with Crippen molar-refractivity contribution in [1.82, 2.24) is 14.5 Å². The topological polar surface area (TPSA) is 58.4 Å². The fourth-order valence-electron chi connectivity index (χ4n) is 3.17. The third-order valence-electron chi connectivity index (χ3n) is 4.50. The van der Waals surface area contributed by atoms with Gasteiger partial charge in [-0.3, -0.25) is 9.69 Å². The van der Waals surface area contributed by atoms with E-state index < -0.39 is 11.4 Å². The van der Waals surface area contributed by atoms with Gasteiger partial charge in [-0.1, -0.05) is 13.3 Å². The summed E-state index contributed by atoms with van der Waals surface area (Å²) in [5, 5.41) is 9.51. The van der Waals surface area contributed by atoms with Crippen molar-refractivity contribution in [3.63, 3.8) is 0 Å². The Labute approximate surface area is 120 Å². The van der Waals surface area contributed by atoms with Crippen LogP contribution in [0.2, 0.25) is 0 Å². The SMILES string of the molecule is CCCC1(C(=O)O)CCN(Cc2nccn2CC)CC1. The molecule has 1 N–H and O–H groups in total. The standard InChI is InChI=1S/C15H25N3O2/c1-3-5-15(14(19)20)6-9-17(10-7-15)12-13-16-8-11-18(13)4-2/h8,11H,3-7,9-10,12H2,1-2H3,(H,19,20). The molecule has 0 spiro atoms. The van der Waals surface area contributed by atoms with Crippen LogP contribution in [0.25, 0.3) is 0 Å². The first kappa shape index (κ1) is 15.0. The van der Waals surface area contributed by atoms with Crippen LogP contribution in [-0.2, 0) is 17.9 Å². The Hall–Kier alpha value is -1.36. The molecule has 0 amide bonds. The summed E-state index contributed by atoms with van der Waals surface area (Å²) >= 11 is 0. The van der Waals surface area contributed by atoms with Crippen molar-refractivity contribution in [2.24, 2.45) is 5.41 Å². The quantitative estimate of drug-likeness (QED) is 0.868. The maximum absolute atomic E-state index is 11.6. The minimum absolute atomic E-state index is 0.495. The molecule has 0 radical (unpaired) electrons. The molecule has 0 aromatic carbocycles. The summed E-state index contributed by atoms with van der Waals surface area (Å²) in [7, 11) is 0. The van der Waals surface area contributed by atoms with Crippen molar-refractivity contribution < 1.29 is 9.90 Å². The lowest BCUT2D eigenvalue weighted by Gasteiger charge is -2.38. The van der Waals surface area contributed by atoms with Crippen LogP contribution >= 0.6 is 0 Å². The molecule has 1 aliphatic heterocycles. The molecule has 0 atom stereocenters. The van der Waals surface area contributed by atoms with Gasteiger partial charge >= 0.3 is 5.97 Å². The van der Waals surface area contributed by atoms with E-state index in [2.05, 4.69) is 28.3 Å². The second-order valence-corrected chi connectivity index (χ2v) is 5.74. The van der Waals surface area contributed by atoms with E-state index in [1.54, 1.807) is 0 Å². The van der Waals surface area contributed by atoms with Crippen LogP contribution in [0.5, 0.6) is 0 Å². The number of rotatable bonds is 6. The summed E-state index contributed by atoms with van der Waals surface area (Å²) in [5.41, 5.74) is -0.495. The number of aliphatic carboxylic acids is 1. The summed E-state index contributed by atoms with van der Waals surface area (Å²) in [6, 6.07) is 0. The van der Waals surface area contributed by atoms with Gasteiger partial charge < -0.3 is 9.67 Å². The van der Waals surface area contributed by atoms with Crippen LogP contribution in [0.1, 0.15) is 45.4 Å². The monoisotopic (exact) mass is 279 g/mol. The molecule has 1 aromatic rings. The molecule has 0 saturated carbocycles. The van der Waals surface area contributed by atoms with Crippen LogP contribution in [0.15, 0.2) is 12.4 Å². The zero-order valence-electron chi connectivity index (χ0n) is 12.5. The maximum Gasteiger partial charge on any atom is 0.309 e. The zero-order chi connectivity index (χ0) is 14.6. The highest BCUT2D eigenvalue weighted by atomic mass is 16.4. The number of carboxylic acids is 1. The van der Waals surface area contributed by atoms with Crippen molar-refractivity contribution in [2.75, 3.05) is 13.1 Å². The summed E-state index contributed by atoms with van der Waals surface area (Å²) < 4.78 is 2.14. The van der Waals surface area contributed by atoms with E-state index in [1.165, 1.54) is 0 Å². The van der Waals surface area contributed by atoms with E-state index in [9.17, 15) is 9.90 Å². The van der Waals surface area contributed by atoms with Crippen LogP contribution in [0.3, 0.4) is 0 Å². The van der Waals surface area contributed by atoms with E-state index in [0.29, 0.717) is 0 Å². The Kier molecular flexibility index (Phi) is 4.81. The van der Waals surface area contributed by atoms with E-state index in [-0.39, 0.29) is 0 Å². The molecule has 112 valence electrons. The Morgan fingerprint density at radius 2 is 2.10 bits per heavy atom. The van der Waals surface area contributed by atoms with Gasteiger partial charge in [-0.05, 0) is 39.3 Å². The van der Waals surface area contributed by atoms with Crippen molar-refractivity contribution in [3.8, 4) is 0 Å². The summed E-state index contributed by atoms with van der Waals surface area (Å²) in [4.78, 5) is 18.3. The van der Waals surface area contributed by atoms with Gasteiger partial charge in [0.05, 0.1) is 12.0 Å². The van der Waals surface area contributed by atoms with Gasteiger partial charge in [-0.25, -0.2) is 4.98 Å². The molecule has 0 bridgehead atoms. The third-order valence-corrected chi connectivity index (χ3v) is 4.50. The fraction of sp³-hybridized carbons (Fsp3) is 0.733. The molecule has 2 rings (SSSR count). The minimum atomic E-state index is -0.617. The third kappa shape index (κ3) is 3.03. The van der Waals surface area contributed by atoms with Gasteiger partial charge in [0.25, 0.3) is 0 Å². The average molecular weight is 279 g/mol. The predicted molar refractivity (Wildman–Crippen MR) is 77.4 cm³/mol. The molecule has 1 aromatic heterocycles. The molecule has 1 fully saturated rings. The molecule has 0 aliphatic carbocycles. The van der Waals surface area contributed by atoms with Gasteiger partial charge in [0.1, 0.15) is 5.82 Å². The van der Waals surface area contributed by atoms with E-state index in [1.807, 2.05) is 12.4 Å². The molecule has 20 heavy (non-hydrogen) atoms. The van der Waals surface area contributed by atoms with Gasteiger partial charge in [-0.15, -0.1) is 0 Å². The fourth-order valence-corrected chi connectivity index (χ4v) is 3.17. The summed E-state index contributed by atoms with van der Waals surface area (Å²) in [6.45, 7) is 7.62. The lowest BCUT2D eigenvalue weighted by molar-refractivity contribution is -0.152. The largest absolute Gasteiger partial charge is 0.481 e. The number of hydrogen-bond donors (Lipinski definition) is 1. The van der Waals surface area contributed by atoms with Crippen LogP contribution in [-0.4, -0.2) is 38.6 Å². The van der Waals surface area contributed by atoms with E-state index >= 15 is 0 Å². The Morgan fingerprint density at radius 3 is 2.65 bits per heavy atom. The molecule has 5 nitrogen and oxygen atoms in total. The van der Waals surface area contributed by atoms with Gasteiger partial charge in [0.15, 0.2) is 0 Å². The minimum Gasteiger partial charge on any atom is -0.481 e. The molecule has 5 heteroatoms. The second kappa shape index (κ2) is 6.39. The van der Waals surface area contributed by atoms with Gasteiger partial charge in [0, 0.05) is 18.9 Å². The number of likely N-dealkylation sites (tertiary alicyclic amines) is 1. The van der Waals surface area contributed by atoms with Gasteiger partial charge in [-0.2, -0.15) is 0 Å². The first-order valence-corrected chi connectivity index (χ1v) is 7.57. The van der Waals surface area contributed by atoms with E-state index in [0.717, 1.165) is 57.7 Å². The highest BCUT2D eigenvalue weighted by Crippen LogP contribution is 2.36. The van der Waals surface area contributed by atoms with Crippen LogP contribution < -0.4 is 0 Å². The lowest BCUT2D eigenvalue weighted by Crippen LogP contribution is -2.44. The lowest BCUT2D eigenvalue weighted by atomic mass is 9.75. The Morgan fingerprint density at radius 1 is 1.40 bits per heavy atom. The van der Waals surface area contributed by atoms with Crippen molar-refractivity contribution in [1.29, 1.82) is 0 Å². The maximum atomic E-state index is 11.6. The van der Waals surface area contributed by atoms with Crippen LogP contribution in [0.4, 0.5) is 0 Å². The highest BCUT2D eigenvalue weighted by Gasteiger charge is 2.40. The Balaban J connectivity index is 1.95. The van der Waals surface area contributed by atoms with Gasteiger partial charge in [0.2, 0.25) is 0 Å². The molecule has 2 heterocycles. The predicted octanol–water partition coefficient (Wildman–Crippen LogP) is 2.37. The number of aromatic nitrogens is 2. The molecular weight excluding hydrogens is 254 g/mol. The number of nitrogens with zero attached hydrogens (tertiary/aromatic N) is 3. The molecule has 0 unspecified atom stereocenters. The number of aryl methyl sites for hydroxylation is 1. The van der Waals surface area contributed by atoms with Crippen molar-refractivity contribution >= 4 is 5.97 Å². The Bertz CT molecular complexity index is 448. The number of carbonyl (C=O) groups is 1. The van der Waals surface area contributed by atoms with Crippen molar-refractivity contribution in [3.05, 3.63) is 18.2 Å². The first-order chi connectivity index (χ1) is 9.61. The van der Waals surface area contributed by atoms with Crippen LogP contribution in [0, 0.1) is 5.41 Å². The van der Waals surface area contributed by atoms with Crippen molar-refractivity contribution in [2.45, 2.75) is 52.6 Å². The molecular formula is C15H25N3O2. The zero-order valence-corrected chi connectivity index (χ0v) is 12.5. The number of carboxylic acid groups (broad SMARTS) is 1. The van der Waals surface area contributed by atoms with E-state index in [4.69, 9.17) is 0 Å². The summed E-state index contributed by atoms with van der Waals surface area (Å²) in [6.07, 6.45) is 7.07. The number of piperidine rings is 1. The second-order valence-electron chi connectivity index (χ2n) is 5.74. The number of imidazole rings is 1. The number of hydrogen-bond acceptors (Lipinski definition) is 3. The summed E-state index contributed by atoms with van der Waals surface area (Å²) in [5.74, 6) is 0.458. The normalized spacial score (nSPS) is 19.1. The first-order valence-electron chi connectivity index (χ1n) is 7.57. The highest BCUT2D eigenvalue weighted by molar-refractivity contribution is 5.74. The molecule has 1 aliphatic rings. The smallest absolute Gasteiger partial charge is 0.309 e.